The highest BCUT2D eigenvalue weighted by atomic mass is 31.2. The molecule has 3 nitrogen and oxygen atoms in total. The maximum atomic E-state index is 12.5. The van der Waals surface area contributed by atoms with Gasteiger partial charge in [-0.2, -0.15) is 10.2 Å². The van der Waals surface area contributed by atoms with Crippen LogP contribution in [0.3, 0.4) is 0 Å². The minimum Gasteiger partial charge on any atom is -0.319 e. The molecule has 0 fully saturated rings. The first kappa shape index (κ1) is 12.3. The van der Waals surface area contributed by atoms with Gasteiger partial charge in [0, 0.05) is 16.1 Å². The topological polar surface area (TPSA) is 42.9 Å². The van der Waals surface area contributed by atoms with Crippen LogP contribution in [0.2, 0.25) is 0 Å². The first-order valence-electron chi connectivity index (χ1n) is 5.70. The fraction of sp³-hybridized carbons (Fsp3) is 0.385. The van der Waals surface area contributed by atoms with Gasteiger partial charge in [0.15, 0.2) is 0 Å². The van der Waals surface area contributed by atoms with E-state index in [2.05, 4.69) is 30.1 Å². The summed E-state index contributed by atoms with van der Waals surface area (Å²) in [6, 6.07) is 4.09. The summed E-state index contributed by atoms with van der Waals surface area (Å²) in [5, 5.41) is 10.7. The summed E-state index contributed by atoms with van der Waals surface area (Å²) in [4.78, 5) is 0. The Labute approximate surface area is 102 Å². The number of aromatic nitrogens is 2. The van der Waals surface area contributed by atoms with Crippen LogP contribution in [0.25, 0.3) is 10.8 Å². The number of fused-ring (bicyclic) bond motifs is 1. The molecule has 0 aliphatic carbocycles. The van der Waals surface area contributed by atoms with Gasteiger partial charge in [-0.1, -0.05) is 26.0 Å². The Hall–Kier alpha value is -1.21. The summed E-state index contributed by atoms with van der Waals surface area (Å²) >= 11 is 0. The van der Waals surface area contributed by atoms with Crippen LogP contribution in [0, 0.1) is 0 Å². The van der Waals surface area contributed by atoms with Crippen molar-refractivity contribution in [1.29, 1.82) is 0 Å². The van der Waals surface area contributed by atoms with E-state index in [9.17, 15) is 4.57 Å². The number of benzene rings is 1. The molecule has 0 atom stereocenters. The first-order chi connectivity index (χ1) is 7.91. The predicted octanol–water partition coefficient (Wildman–Crippen LogP) is 3.00. The van der Waals surface area contributed by atoms with E-state index in [0.717, 1.165) is 21.6 Å². The Bertz CT molecular complexity index is 601. The van der Waals surface area contributed by atoms with Crippen molar-refractivity contribution < 1.29 is 4.57 Å². The van der Waals surface area contributed by atoms with Gasteiger partial charge in [-0.05, 0) is 24.8 Å². The first-order valence-corrected chi connectivity index (χ1v) is 8.30. The molecule has 1 heterocycles. The van der Waals surface area contributed by atoms with Gasteiger partial charge in [0.25, 0.3) is 0 Å². The Morgan fingerprint density at radius 2 is 1.76 bits per heavy atom. The molecule has 0 N–H and O–H groups in total. The van der Waals surface area contributed by atoms with E-state index in [1.165, 1.54) is 0 Å². The third-order valence-corrected chi connectivity index (χ3v) is 4.47. The molecule has 0 aliphatic rings. The SMILES string of the molecule is CC(C)c1ccc2cnncc2c1P(C)(C)=O. The molecule has 4 heteroatoms. The average molecular weight is 248 g/mol. The zero-order chi connectivity index (χ0) is 12.6. The maximum Gasteiger partial charge on any atom is 0.110 e. The number of rotatable bonds is 2. The van der Waals surface area contributed by atoms with E-state index >= 15 is 0 Å². The minimum absolute atomic E-state index is 0.357. The van der Waals surface area contributed by atoms with Crippen LogP contribution in [0.15, 0.2) is 24.5 Å². The van der Waals surface area contributed by atoms with Crippen molar-refractivity contribution in [3.63, 3.8) is 0 Å². The average Bonchev–Trinajstić information content (AvgIpc) is 2.26. The molecule has 90 valence electrons. The van der Waals surface area contributed by atoms with Crippen molar-refractivity contribution in [3.8, 4) is 0 Å². The molecular weight excluding hydrogens is 231 g/mol. The Kier molecular flexibility index (Phi) is 3.05. The predicted molar refractivity (Wildman–Crippen MR) is 72.7 cm³/mol. The fourth-order valence-corrected chi connectivity index (χ4v) is 3.86. The zero-order valence-electron chi connectivity index (χ0n) is 10.6. The Morgan fingerprint density at radius 3 is 2.35 bits per heavy atom. The normalized spacial score (nSPS) is 12.3. The van der Waals surface area contributed by atoms with E-state index in [0.29, 0.717) is 5.92 Å². The van der Waals surface area contributed by atoms with Crippen LogP contribution in [0.5, 0.6) is 0 Å². The quantitative estimate of drug-likeness (QED) is 0.767. The largest absolute Gasteiger partial charge is 0.319 e. The highest BCUT2D eigenvalue weighted by molar-refractivity contribution is 7.70. The summed E-state index contributed by atoms with van der Waals surface area (Å²) in [7, 11) is -2.32. The van der Waals surface area contributed by atoms with Crippen molar-refractivity contribution >= 4 is 23.2 Å². The molecule has 1 aromatic heterocycles. The maximum absolute atomic E-state index is 12.5. The molecule has 0 aliphatic heterocycles. The van der Waals surface area contributed by atoms with Gasteiger partial charge in [-0.3, -0.25) is 0 Å². The van der Waals surface area contributed by atoms with E-state index < -0.39 is 7.14 Å². The second-order valence-corrected chi connectivity index (χ2v) is 8.15. The van der Waals surface area contributed by atoms with Crippen LogP contribution in [0.4, 0.5) is 0 Å². The third-order valence-electron chi connectivity index (χ3n) is 2.89. The van der Waals surface area contributed by atoms with E-state index in [1.807, 2.05) is 19.4 Å². The van der Waals surface area contributed by atoms with Gasteiger partial charge >= 0.3 is 0 Å². The number of nitrogens with zero attached hydrogens (tertiary/aromatic N) is 2. The summed E-state index contributed by atoms with van der Waals surface area (Å²) in [6.07, 6.45) is 3.44. The molecule has 0 spiro atoms. The van der Waals surface area contributed by atoms with Crippen LogP contribution in [0.1, 0.15) is 25.3 Å². The Balaban J connectivity index is 2.90. The smallest absolute Gasteiger partial charge is 0.110 e. The summed E-state index contributed by atoms with van der Waals surface area (Å²) in [5.41, 5.74) is 1.15. The second kappa shape index (κ2) is 4.23. The molecule has 0 unspecified atom stereocenters. The molecule has 0 radical (unpaired) electrons. The number of hydrogen-bond donors (Lipinski definition) is 0. The lowest BCUT2D eigenvalue weighted by atomic mass is 10.0. The summed E-state index contributed by atoms with van der Waals surface area (Å²) in [6.45, 7) is 7.87. The minimum atomic E-state index is -2.32. The van der Waals surface area contributed by atoms with Crippen molar-refractivity contribution in [2.75, 3.05) is 13.3 Å². The molecule has 1 aromatic carbocycles. The lowest BCUT2D eigenvalue weighted by Crippen LogP contribution is -2.13. The second-order valence-electron chi connectivity index (χ2n) is 5.00. The van der Waals surface area contributed by atoms with E-state index in [1.54, 1.807) is 12.4 Å². The third kappa shape index (κ3) is 2.25. The van der Waals surface area contributed by atoms with Gasteiger partial charge in [-0.25, -0.2) is 0 Å². The lowest BCUT2D eigenvalue weighted by molar-refractivity contribution is 0.588. The molecule has 0 bridgehead atoms. The molecule has 0 saturated carbocycles. The molecular formula is C13H17N2OP. The summed E-state index contributed by atoms with van der Waals surface area (Å²) < 4.78 is 12.5. The standard InChI is InChI=1S/C13H17N2OP/c1-9(2)11-6-5-10-7-14-15-8-12(10)13(11)17(3,4)16/h5-9H,1-4H3. The van der Waals surface area contributed by atoms with Gasteiger partial charge in [0.2, 0.25) is 0 Å². The van der Waals surface area contributed by atoms with Crippen LogP contribution >= 0.6 is 7.14 Å². The van der Waals surface area contributed by atoms with Crippen molar-refractivity contribution in [2.24, 2.45) is 0 Å². The lowest BCUT2D eigenvalue weighted by Gasteiger charge is -2.18. The molecule has 2 aromatic rings. The van der Waals surface area contributed by atoms with Gasteiger partial charge in [0.05, 0.1) is 12.4 Å². The van der Waals surface area contributed by atoms with Crippen molar-refractivity contribution in [2.45, 2.75) is 19.8 Å². The molecule has 0 saturated heterocycles. The fourth-order valence-electron chi connectivity index (χ4n) is 2.14. The monoisotopic (exact) mass is 248 g/mol. The molecule has 2 rings (SSSR count). The van der Waals surface area contributed by atoms with Gasteiger partial charge < -0.3 is 4.57 Å². The van der Waals surface area contributed by atoms with Crippen LogP contribution < -0.4 is 5.30 Å². The van der Waals surface area contributed by atoms with Crippen molar-refractivity contribution in [1.82, 2.24) is 10.2 Å². The van der Waals surface area contributed by atoms with E-state index in [-0.39, 0.29) is 0 Å². The highest BCUT2D eigenvalue weighted by Gasteiger charge is 2.21. The van der Waals surface area contributed by atoms with Crippen LogP contribution in [-0.2, 0) is 4.57 Å². The van der Waals surface area contributed by atoms with Crippen molar-refractivity contribution in [3.05, 3.63) is 30.1 Å². The highest BCUT2D eigenvalue weighted by Crippen LogP contribution is 2.40. The summed E-state index contributed by atoms with van der Waals surface area (Å²) in [5.74, 6) is 0.357. The van der Waals surface area contributed by atoms with E-state index in [4.69, 9.17) is 0 Å². The number of hydrogen-bond acceptors (Lipinski definition) is 3. The Morgan fingerprint density at radius 1 is 1.12 bits per heavy atom. The van der Waals surface area contributed by atoms with Gasteiger partial charge in [-0.15, -0.1) is 0 Å². The zero-order valence-corrected chi connectivity index (χ0v) is 11.5. The molecule has 17 heavy (non-hydrogen) atoms. The molecule has 0 amide bonds. The van der Waals surface area contributed by atoms with Gasteiger partial charge in [0.1, 0.15) is 7.14 Å². The van der Waals surface area contributed by atoms with Crippen LogP contribution in [-0.4, -0.2) is 23.5 Å².